The molecule has 0 atom stereocenters. The lowest BCUT2D eigenvalue weighted by Crippen LogP contribution is -2.24. The van der Waals surface area contributed by atoms with Gasteiger partial charge in [-0.15, -0.1) is 4.40 Å². The van der Waals surface area contributed by atoms with Gasteiger partial charge in [0.15, 0.2) is 0 Å². The summed E-state index contributed by atoms with van der Waals surface area (Å²) < 4.78 is 29.7. The van der Waals surface area contributed by atoms with E-state index in [2.05, 4.69) is 20.3 Å². The monoisotopic (exact) mass is 400 g/mol. The lowest BCUT2D eigenvalue weighted by molar-refractivity contribution is 0.592. The average molecular weight is 402 g/mol. The van der Waals surface area contributed by atoms with Crippen molar-refractivity contribution in [2.45, 2.75) is 4.90 Å². The first-order chi connectivity index (χ1) is 10.3. The van der Waals surface area contributed by atoms with Gasteiger partial charge in [-0.2, -0.15) is 8.42 Å². The van der Waals surface area contributed by atoms with Crippen molar-refractivity contribution in [2.24, 2.45) is 4.40 Å². The predicted octanol–water partition coefficient (Wildman–Crippen LogP) is 3.80. The third-order valence-corrected chi connectivity index (χ3v) is 4.91. The second-order valence-electron chi connectivity index (χ2n) is 4.75. The summed E-state index contributed by atoms with van der Waals surface area (Å²) in [6.07, 6.45) is 0. The Balaban J connectivity index is 2.49. The maximum Gasteiger partial charge on any atom is 0.284 e. The van der Waals surface area contributed by atoms with Crippen LogP contribution >= 0.6 is 27.5 Å². The van der Waals surface area contributed by atoms with Crippen LogP contribution in [0.2, 0.25) is 5.02 Å². The molecule has 0 aliphatic carbocycles. The second-order valence-corrected chi connectivity index (χ2v) is 7.70. The van der Waals surface area contributed by atoms with Crippen molar-refractivity contribution < 1.29 is 8.42 Å². The van der Waals surface area contributed by atoms with Gasteiger partial charge in [0.25, 0.3) is 10.0 Å². The highest BCUT2D eigenvalue weighted by atomic mass is 79.9. The summed E-state index contributed by atoms with van der Waals surface area (Å²) in [5, 5.41) is 0.581. The highest BCUT2D eigenvalue weighted by Crippen LogP contribution is 2.19. The largest absolute Gasteiger partial charge is 0.362 e. The molecule has 0 fully saturated rings. The third-order valence-electron chi connectivity index (χ3n) is 2.84. The smallest absolute Gasteiger partial charge is 0.284 e. The van der Waals surface area contributed by atoms with Gasteiger partial charge in [0.2, 0.25) is 0 Å². The summed E-state index contributed by atoms with van der Waals surface area (Å²) in [7, 11) is -0.306. The number of sulfonamides is 1. The first-order valence-electron chi connectivity index (χ1n) is 6.33. The lowest BCUT2D eigenvalue weighted by atomic mass is 10.2. The molecule has 0 aliphatic heterocycles. The summed E-state index contributed by atoms with van der Waals surface area (Å²) in [6.45, 7) is 0. The predicted molar refractivity (Wildman–Crippen MR) is 93.0 cm³/mol. The van der Waals surface area contributed by atoms with Crippen LogP contribution in [0.3, 0.4) is 0 Å². The van der Waals surface area contributed by atoms with Crippen molar-refractivity contribution in [3.8, 4) is 0 Å². The van der Waals surface area contributed by atoms with Crippen LogP contribution in [0.25, 0.3) is 0 Å². The molecule has 2 aromatic rings. The van der Waals surface area contributed by atoms with Crippen LogP contribution in [0.15, 0.2) is 62.3 Å². The van der Waals surface area contributed by atoms with Crippen molar-refractivity contribution in [1.82, 2.24) is 4.90 Å². The summed E-state index contributed by atoms with van der Waals surface area (Å²) in [5.74, 6) is 0.347. The molecular formula is C15H14BrClN2O2S. The Hall–Kier alpha value is -1.37. The Bertz CT molecular complexity index is 785. The van der Waals surface area contributed by atoms with E-state index in [4.69, 9.17) is 11.6 Å². The maximum absolute atomic E-state index is 12.4. The second kappa shape index (κ2) is 6.81. The minimum atomic E-state index is -3.79. The van der Waals surface area contributed by atoms with Gasteiger partial charge in [0.1, 0.15) is 5.84 Å². The van der Waals surface area contributed by atoms with Crippen LogP contribution in [-0.4, -0.2) is 33.2 Å². The van der Waals surface area contributed by atoms with Crippen LogP contribution in [0, 0.1) is 0 Å². The SMILES string of the molecule is CN(C)/C(=N/S(=O)(=O)c1ccc(Br)cc1)c1ccc(Cl)cc1. The number of hydrogen-bond acceptors (Lipinski definition) is 2. The molecule has 0 aromatic heterocycles. The average Bonchev–Trinajstić information content (AvgIpc) is 2.46. The molecule has 0 radical (unpaired) electrons. The van der Waals surface area contributed by atoms with E-state index in [9.17, 15) is 8.42 Å². The molecule has 0 saturated heterocycles. The number of hydrogen-bond donors (Lipinski definition) is 0. The normalized spacial score (nSPS) is 12.3. The van der Waals surface area contributed by atoms with Gasteiger partial charge in [-0.3, -0.25) is 0 Å². The minimum absolute atomic E-state index is 0.143. The molecule has 0 aliphatic rings. The molecule has 116 valence electrons. The molecular weight excluding hydrogens is 388 g/mol. The third kappa shape index (κ3) is 4.09. The molecule has 2 aromatic carbocycles. The van der Waals surface area contributed by atoms with Crippen molar-refractivity contribution in [3.63, 3.8) is 0 Å². The molecule has 0 amide bonds. The Kier molecular flexibility index (Phi) is 5.26. The van der Waals surface area contributed by atoms with Crippen molar-refractivity contribution in [1.29, 1.82) is 0 Å². The van der Waals surface area contributed by atoms with E-state index in [1.807, 2.05) is 0 Å². The molecule has 2 rings (SSSR count). The molecule has 0 heterocycles. The van der Waals surface area contributed by atoms with E-state index in [1.165, 1.54) is 12.1 Å². The van der Waals surface area contributed by atoms with Crippen LogP contribution < -0.4 is 0 Å². The van der Waals surface area contributed by atoms with E-state index >= 15 is 0 Å². The van der Waals surface area contributed by atoms with E-state index in [-0.39, 0.29) is 4.90 Å². The fourth-order valence-corrected chi connectivity index (χ4v) is 3.24. The Morgan fingerprint density at radius 1 is 1.05 bits per heavy atom. The van der Waals surface area contributed by atoms with E-state index in [0.717, 1.165) is 4.47 Å². The zero-order chi connectivity index (χ0) is 16.3. The summed E-state index contributed by atoms with van der Waals surface area (Å²) >= 11 is 9.14. The number of rotatable bonds is 3. The maximum atomic E-state index is 12.4. The quantitative estimate of drug-likeness (QED) is 0.580. The zero-order valence-corrected chi connectivity index (χ0v) is 15.2. The highest BCUT2D eigenvalue weighted by molar-refractivity contribution is 9.10. The van der Waals surface area contributed by atoms with Gasteiger partial charge in [0, 0.05) is 29.2 Å². The van der Waals surface area contributed by atoms with Gasteiger partial charge >= 0.3 is 0 Å². The van der Waals surface area contributed by atoms with Crippen molar-refractivity contribution in [3.05, 3.63) is 63.6 Å². The van der Waals surface area contributed by atoms with Crippen LogP contribution in [0.5, 0.6) is 0 Å². The van der Waals surface area contributed by atoms with Gasteiger partial charge in [-0.1, -0.05) is 27.5 Å². The lowest BCUT2D eigenvalue weighted by Gasteiger charge is -2.16. The number of nitrogens with zero attached hydrogens (tertiary/aromatic N) is 2. The topological polar surface area (TPSA) is 49.7 Å². The van der Waals surface area contributed by atoms with Crippen molar-refractivity contribution >= 4 is 43.4 Å². The number of amidine groups is 1. The zero-order valence-electron chi connectivity index (χ0n) is 12.0. The van der Waals surface area contributed by atoms with E-state index < -0.39 is 10.0 Å². The first-order valence-corrected chi connectivity index (χ1v) is 8.94. The van der Waals surface area contributed by atoms with Crippen LogP contribution in [-0.2, 0) is 10.0 Å². The standard InChI is InChI=1S/C15H14BrClN2O2S/c1-19(2)15(11-3-7-13(17)8-4-11)18-22(20,21)14-9-5-12(16)6-10-14/h3-10H,1-2H3/b18-15+. The summed E-state index contributed by atoms with van der Waals surface area (Å²) in [5.41, 5.74) is 0.676. The minimum Gasteiger partial charge on any atom is -0.362 e. The number of benzene rings is 2. The highest BCUT2D eigenvalue weighted by Gasteiger charge is 2.16. The Labute approximate surface area is 143 Å². The van der Waals surface area contributed by atoms with Gasteiger partial charge < -0.3 is 4.90 Å². The fraction of sp³-hybridized carbons (Fsp3) is 0.133. The Morgan fingerprint density at radius 2 is 1.59 bits per heavy atom. The van der Waals surface area contributed by atoms with Gasteiger partial charge in [-0.25, -0.2) is 0 Å². The Morgan fingerprint density at radius 3 is 2.09 bits per heavy atom. The van der Waals surface area contributed by atoms with Gasteiger partial charge in [0.05, 0.1) is 4.90 Å². The fourth-order valence-electron chi connectivity index (χ4n) is 1.76. The molecule has 4 nitrogen and oxygen atoms in total. The first kappa shape index (κ1) is 17.0. The molecule has 0 saturated carbocycles. The molecule has 0 bridgehead atoms. The van der Waals surface area contributed by atoms with E-state index in [0.29, 0.717) is 16.4 Å². The van der Waals surface area contributed by atoms with Crippen LogP contribution in [0.1, 0.15) is 5.56 Å². The molecule has 0 spiro atoms. The molecule has 22 heavy (non-hydrogen) atoms. The van der Waals surface area contributed by atoms with E-state index in [1.54, 1.807) is 55.4 Å². The van der Waals surface area contributed by atoms with Crippen LogP contribution in [0.4, 0.5) is 0 Å². The molecule has 7 heteroatoms. The van der Waals surface area contributed by atoms with Gasteiger partial charge in [-0.05, 0) is 48.5 Å². The van der Waals surface area contributed by atoms with Crippen molar-refractivity contribution in [2.75, 3.05) is 14.1 Å². The number of halogens is 2. The summed E-state index contributed by atoms with van der Waals surface area (Å²) in [4.78, 5) is 1.80. The molecule has 0 unspecified atom stereocenters. The summed E-state index contributed by atoms with van der Waals surface area (Å²) in [6, 6.07) is 13.2. The molecule has 0 N–H and O–H groups in total.